The molecular weight excluding hydrogens is 455 g/mol. The average molecular weight is 481 g/mol. The summed E-state index contributed by atoms with van der Waals surface area (Å²) >= 11 is 1.77. The molecule has 35 heavy (non-hydrogen) atoms. The van der Waals surface area contributed by atoms with E-state index < -0.39 is 0 Å². The Morgan fingerprint density at radius 2 is 1.49 bits per heavy atom. The second-order valence-corrected chi connectivity index (χ2v) is 9.48. The number of carbonyl (C=O) groups is 1. The molecule has 0 fully saturated rings. The molecule has 174 valence electrons. The quantitative estimate of drug-likeness (QED) is 0.234. The molecule has 0 saturated heterocycles. The second kappa shape index (κ2) is 10.6. The number of fused-ring (bicyclic) bond motifs is 1. The minimum atomic E-state index is -0.374. The summed E-state index contributed by atoms with van der Waals surface area (Å²) in [5, 5.41) is 4.21. The summed E-state index contributed by atoms with van der Waals surface area (Å²) in [5.74, 6) is 0.500. The fourth-order valence-corrected chi connectivity index (χ4v) is 5.03. The van der Waals surface area contributed by atoms with Gasteiger partial charge in [0.25, 0.3) is 0 Å². The lowest BCUT2D eigenvalue weighted by atomic mass is 9.98. The van der Waals surface area contributed by atoms with Gasteiger partial charge in [-0.2, -0.15) is 0 Å². The first kappa shape index (κ1) is 22.9. The Morgan fingerprint density at radius 1 is 0.829 bits per heavy atom. The zero-order valence-corrected chi connectivity index (χ0v) is 19.9. The molecule has 0 saturated carbocycles. The Balaban J connectivity index is 1.34. The van der Waals surface area contributed by atoms with Crippen LogP contribution in [0.1, 0.15) is 28.3 Å². The van der Waals surface area contributed by atoms with Gasteiger partial charge in [-0.25, -0.2) is 4.39 Å². The van der Waals surface area contributed by atoms with Crippen molar-refractivity contribution in [1.82, 2.24) is 10.3 Å². The first-order valence-electron chi connectivity index (χ1n) is 11.5. The fraction of sp³-hybridized carbons (Fsp3) is 0.100. The van der Waals surface area contributed by atoms with Crippen molar-refractivity contribution < 1.29 is 9.18 Å². The third-order valence-electron chi connectivity index (χ3n) is 6.00. The average Bonchev–Trinajstić information content (AvgIpc) is 3.30. The fourth-order valence-electron chi connectivity index (χ4n) is 4.17. The number of benzene rings is 4. The van der Waals surface area contributed by atoms with Crippen LogP contribution in [-0.4, -0.2) is 10.9 Å². The largest absolute Gasteiger partial charge is 0.361 e. The minimum absolute atomic E-state index is 0.0911. The molecule has 0 aliphatic rings. The van der Waals surface area contributed by atoms with Gasteiger partial charge in [0.1, 0.15) is 5.82 Å². The van der Waals surface area contributed by atoms with Gasteiger partial charge in [-0.05, 0) is 52.6 Å². The van der Waals surface area contributed by atoms with Gasteiger partial charge in [-0.1, -0.05) is 72.8 Å². The van der Waals surface area contributed by atoms with E-state index in [4.69, 9.17) is 0 Å². The molecular formula is C30H25FN2OS. The van der Waals surface area contributed by atoms with Crippen LogP contribution in [0.5, 0.6) is 0 Å². The summed E-state index contributed by atoms with van der Waals surface area (Å²) < 4.78 is 13.6. The van der Waals surface area contributed by atoms with Crippen LogP contribution in [0, 0.1) is 5.82 Å². The molecule has 0 aliphatic heterocycles. The van der Waals surface area contributed by atoms with Gasteiger partial charge in [0.15, 0.2) is 0 Å². The van der Waals surface area contributed by atoms with Crippen LogP contribution < -0.4 is 5.32 Å². The van der Waals surface area contributed by atoms with Crippen LogP contribution in [0.2, 0.25) is 0 Å². The van der Waals surface area contributed by atoms with E-state index in [0.29, 0.717) is 0 Å². The number of para-hydroxylation sites is 1. The number of halogens is 1. The molecule has 5 rings (SSSR count). The molecule has 1 heterocycles. The number of nitrogens with one attached hydrogen (secondary N) is 2. The number of rotatable bonds is 8. The monoisotopic (exact) mass is 480 g/mol. The molecule has 0 radical (unpaired) electrons. The first-order valence-corrected chi connectivity index (χ1v) is 12.5. The summed E-state index contributed by atoms with van der Waals surface area (Å²) in [6, 6.07) is 32.5. The van der Waals surface area contributed by atoms with Crippen molar-refractivity contribution >= 4 is 28.6 Å². The molecule has 0 aliphatic carbocycles. The lowest BCUT2D eigenvalue weighted by molar-refractivity contribution is -0.120. The molecule has 0 bridgehead atoms. The highest BCUT2D eigenvalue weighted by atomic mass is 32.2. The van der Waals surface area contributed by atoms with E-state index in [9.17, 15) is 9.18 Å². The van der Waals surface area contributed by atoms with Crippen LogP contribution >= 0.6 is 11.8 Å². The Labute approximate surface area is 208 Å². The Morgan fingerprint density at radius 3 is 2.23 bits per heavy atom. The van der Waals surface area contributed by atoms with Crippen molar-refractivity contribution in [2.45, 2.75) is 23.1 Å². The van der Waals surface area contributed by atoms with Gasteiger partial charge in [-0.3, -0.25) is 4.79 Å². The molecule has 3 nitrogen and oxygen atoms in total. The van der Waals surface area contributed by atoms with Crippen LogP contribution in [0.3, 0.4) is 0 Å². The van der Waals surface area contributed by atoms with Gasteiger partial charge in [-0.15, -0.1) is 11.8 Å². The summed E-state index contributed by atoms with van der Waals surface area (Å²) in [7, 11) is 0. The van der Waals surface area contributed by atoms with Gasteiger partial charge in [0.2, 0.25) is 5.91 Å². The van der Waals surface area contributed by atoms with Crippen molar-refractivity contribution in [1.29, 1.82) is 0 Å². The number of H-pyrrole nitrogens is 1. The zero-order chi connectivity index (χ0) is 24.0. The van der Waals surface area contributed by atoms with E-state index >= 15 is 0 Å². The number of carbonyl (C=O) groups excluding carboxylic acids is 1. The molecule has 5 aromatic rings. The van der Waals surface area contributed by atoms with Crippen LogP contribution in [0.25, 0.3) is 10.9 Å². The topological polar surface area (TPSA) is 44.9 Å². The minimum Gasteiger partial charge on any atom is -0.361 e. The van der Waals surface area contributed by atoms with Gasteiger partial charge >= 0.3 is 0 Å². The van der Waals surface area contributed by atoms with Crippen LogP contribution in [0.4, 0.5) is 4.39 Å². The van der Waals surface area contributed by atoms with Gasteiger partial charge in [0, 0.05) is 27.7 Å². The molecule has 4 aromatic carbocycles. The number of amides is 1. The number of thioether (sulfide) groups is 1. The zero-order valence-electron chi connectivity index (χ0n) is 19.1. The number of aromatic nitrogens is 1. The predicted octanol–water partition coefficient (Wildman–Crippen LogP) is 7.05. The summed E-state index contributed by atoms with van der Waals surface area (Å²) in [4.78, 5) is 17.5. The SMILES string of the molecule is O=C(Cc1c[nH]c2ccccc12)NC(c1ccc(F)cc1)c1ccc(SCc2ccccc2)cc1. The lowest BCUT2D eigenvalue weighted by Crippen LogP contribution is -2.30. The second-order valence-electron chi connectivity index (χ2n) is 8.43. The number of hydrogen-bond acceptors (Lipinski definition) is 2. The normalized spacial score (nSPS) is 11.9. The maximum Gasteiger partial charge on any atom is 0.225 e. The van der Waals surface area contributed by atoms with E-state index in [-0.39, 0.29) is 24.2 Å². The van der Waals surface area contributed by atoms with Crippen molar-refractivity contribution in [2.75, 3.05) is 0 Å². The highest BCUT2D eigenvalue weighted by Gasteiger charge is 2.18. The van der Waals surface area contributed by atoms with Crippen molar-refractivity contribution in [3.8, 4) is 0 Å². The van der Waals surface area contributed by atoms with E-state index in [0.717, 1.165) is 38.2 Å². The summed E-state index contributed by atoms with van der Waals surface area (Å²) in [6.45, 7) is 0. The van der Waals surface area contributed by atoms with Crippen molar-refractivity contribution in [3.63, 3.8) is 0 Å². The van der Waals surface area contributed by atoms with Crippen LogP contribution in [0.15, 0.2) is 114 Å². The maximum atomic E-state index is 13.6. The highest BCUT2D eigenvalue weighted by Crippen LogP contribution is 2.28. The van der Waals surface area contributed by atoms with Crippen LogP contribution in [-0.2, 0) is 17.0 Å². The van der Waals surface area contributed by atoms with Crippen molar-refractivity contribution in [2.24, 2.45) is 0 Å². The maximum absolute atomic E-state index is 13.6. The molecule has 1 aromatic heterocycles. The third-order valence-corrected chi connectivity index (χ3v) is 7.08. The Hall–Kier alpha value is -3.83. The lowest BCUT2D eigenvalue weighted by Gasteiger charge is -2.20. The highest BCUT2D eigenvalue weighted by molar-refractivity contribution is 7.98. The Bertz CT molecular complexity index is 1410. The first-order chi connectivity index (χ1) is 17.2. The molecule has 1 unspecified atom stereocenters. The summed E-state index contributed by atoms with van der Waals surface area (Å²) in [6.07, 6.45) is 2.14. The standard InChI is InChI=1S/C30H25FN2OS/c31-25-14-10-22(11-15-25)30(33-29(34)18-24-19-32-28-9-5-4-8-27(24)28)23-12-16-26(17-13-23)35-20-21-6-2-1-3-7-21/h1-17,19,30,32H,18,20H2,(H,33,34). The van der Waals surface area contributed by atoms with E-state index in [1.165, 1.54) is 17.7 Å². The van der Waals surface area contributed by atoms with Gasteiger partial charge in [0.05, 0.1) is 12.5 Å². The number of hydrogen-bond donors (Lipinski definition) is 2. The third kappa shape index (κ3) is 5.64. The molecule has 1 amide bonds. The predicted molar refractivity (Wildman–Crippen MR) is 141 cm³/mol. The van der Waals surface area contributed by atoms with E-state index in [2.05, 4.69) is 34.6 Å². The van der Waals surface area contributed by atoms with Gasteiger partial charge < -0.3 is 10.3 Å². The summed E-state index contributed by atoms with van der Waals surface area (Å²) in [5.41, 5.74) is 5.02. The molecule has 2 N–H and O–H groups in total. The van der Waals surface area contributed by atoms with E-state index in [1.807, 2.05) is 60.8 Å². The molecule has 5 heteroatoms. The Kier molecular flexibility index (Phi) is 6.96. The molecule has 0 spiro atoms. The van der Waals surface area contributed by atoms with E-state index in [1.54, 1.807) is 23.9 Å². The molecule has 1 atom stereocenters. The number of aromatic amines is 1. The van der Waals surface area contributed by atoms with Crippen molar-refractivity contribution in [3.05, 3.63) is 137 Å². The smallest absolute Gasteiger partial charge is 0.225 e.